The van der Waals surface area contributed by atoms with Crippen LogP contribution in [0.15, 0.2) is 27.9 Å². The van der Waals surface area contributed by atoms with Crippen molar-refractivity contribution >= 4 is 33.9 Å². The molecular weight excluding hydrogens is 421 g/mol. The molecule has 2 aromatic rings. The molecule has 1 aliphatic rings. The molecular formula is C17H17BrFN5O3. The maximum atomic E-state index is 14.0. The minimum Gasteiger partial charge on any atom is -0.507 e. The molecule has 10 heteroatoms. The molecule has 1 aromatic carbocycles. The Kier molecular flexibility index (Phi) is 5.97. The van der Waals surface area contributed by atoms with Crippen molar-refractivity contribution in [3.63, 3.8) is 0 Å². The summed E-state index contributed by atoms with van der Waals surface area (Å²) in [6.45, 7) is 3.63. The number of carbonyl (C=O) groups excluding carboxylic acids is 1. The minimum atomic E-state index is -0.688. The van der Waals surface area contributed by atoms with Crippen LogP contribution in [0.1, 0.15) is 21.7 Å². The summed E-state index contributed by atoms with van der Waals surface area (Å²) in [4.78, 5) is 21.6. The molecule has 3 rings (SSSR count). The molecule has 1 aliphatic heterocycles. The molecule has 1 aromatic heterocycles. The van der Waals surface area contributed by atoms with Gasteiger partial charge >= 0.3 is 5.91 Å². The van der Waals surface area contributed by atoms with Gasteiger partial charge in [-0.15, -0.1) is 0 Å². The predicted octanol–water partition coefficient (Wildman–Crippen LogP) is 1.99. The number of amides is 1. The van der Waals surface area contributed by atoms with Crippen molar-refractivity contribution in [1.29, 1.82) is 0 Å². The van der Waals surface area contributed by atoms with Gasteiger partial charge in [0.2, 0.25) is 5.82 Å². The van der Waals surface area contributed by atoms with E-state index in [1.165, 1.54) is 6.21 Å². The van der Waals surface area contributed by atoms with E-state index in [1.54, 1.807) is 24.0 Å². The van der Waals surface area contributed by atoms with Gasteiger partial charge in [0.05, 0.1) is 25.6 Å². The minimum absolute atomic E-state index is 0.0580. The smallest absolute Gasteiger partial charge is 0.309 e. The number of aromatic hydroxyl groups is 1. The molecule has 1 amide bonds. The largest absolute Gasteiger partial charge is 0.507 e. The summed E-state index contributed by atoms with van der Waals surface area (Å²) in [5.41, 5.74) is 3.36. The van der Waals surface area contributed by atoms with E-state index in [0.29, 0.717) is 37.4 Å². The molecule has 0 radical (unpaired) electrons. The SMILES string of the molecule is Cc1cc(Br)cc(C=NNC(=O)c2ncc(F)c(N3CCOCC3)n2)c1O. The Balaban J connectivity index is 1.73. The molecule has 1 fully saturated rings. The number of nitrogens with one attached hydrogen (secondary N) is 1. The van der Waals surface area contributed by atoms with E-state index in [9.17, 15) is 14.3 Å². The second-order valence-electron chi connectivity index (χ2n) is 5.82. The fourth-order valence-electron chi connectivity index (χ4n) is 2.53. The highest BCUT2D eigenvalue weighted by atomic mass is 79.9. The maximum absolute atomic E-state index is 14.0. The molecule has 0 unspecified atom stereocenters. The Hall–Kier alpha value is -2.59. The summed E-state index contributed by atoms with van der Waals surface area (Å²) in [7, 11) is 0. The van der Waals surface area contributed by atoms with Crippen LogP contribution >= 0.6 is 15.9 Å². The quantitative estimate of drug-likeness (QED) is 0.560. The number of hydrazone groups is 1. The number of morpholine rings is 1. The Morgan fingerprint density at radius 3 is 2.93 bits per heavy atom. The summed E-state index contributed by atoms with van der Waals surface area (Å²) >= 11 is 3.33. The van der Waals surface area contributed by atoms with Gasteiger partial charge in [-0.25, -0.2) is 19.8 Å². The molecule has 8 nitrogen and oxygen atoms in total. The fraction of sp³-hybridized carbons (Fsp3) is 0.294. The number of aromatic nitrogens is 2. The number of hydrogen-bond acceptors (Lipinski definition) is 7. The van der Waals surface area contributed by atoms with Crippen molar-refractivity contribution < 1.29 is 19.0 Å². The number of halogens is 2. The lowest BCUT2D eigenvalue weighted by Crippen LogP contribution is -2.38. The van der Waals surface area contributed by atoms with Crippen LogP contribution < -0.4 is 10.3 Å². The van der Waals surface area contributed by atoms with Gasteiger partial charge in [0.25, 0.3) is 0 Å². The lowest BCUT2D eigenvalue weighted by atomic mass is 10.1. The lowest BCUT2D eigenvalue weighted by Gasteiger charge is -2.27. The molecule has 2 N–H and O–H groups in total. The van der Waals surface area contributed by atoms with Gasteiger partial charge in [-0.3, -0.25) is 4.79 Å². The van der Waals surface area contributed by atoms with Crippen LogP contribution in [0.3, 0.4) is 0 Å². The van der Waals surface area contributed by atoms with Crippen molar-refractivity contribution in [3.05, 3.63) is 45.6 Å². The molecule has 27 heavy (non-hydrogen) atoms. The number of rotatable bonds is 4. The number of phenols is 1. The highest BCUT2D eigenvalue weighted by Crippen LogP contribution is 2.25. The first-order valence-corrected chi connectivity index (χ1v) is 8.92. The van der Waals surface area contributed by atoms with E-state index in [4.69, 9.17) is 4.74 Å². The van der Waals surface area contributed by atoms with E-state index in [2.05, 4.69) is 36.4 Å². The molecule has 142 valence electrons. The summed E-state index contributed by atoms with van der Waals surface area (Å²) < 4.78 is 20.0. The molecule has 0 aliphatic carbocycles. The van der Waals surface area contributed by atoms with E-state index < -0.39 is 11.7 Å². The van der Waals surface area contributed by atoms with E-state index in [0.717, 1.165) is 10.7 Å². The Morgan fingerprint density at radius 1 is 1.44 bits per heavy atom. The van der Waals surface area contributed by atoms with Crippen LogP contribution in [0.4, 0.5) is 10.2 Å². The molecule has 2 heterocycles. The average molecular weight is 438 g/mol. The van der Waals surface area contributed by atoms with Crippen LogP contribution in [0.5, 0.6) is 5.75 Å². The number of anilines is 1. The van der Waals surface area contributed by atoms with E-state index in [1.807, 2.05) is 0 Å². The molecule has 0 bridgehead atoms. The normalized spacial score (nSPS) is 14.6. The molecule has 1 saturated heterocycles. The molecule has 0 saturated carbocycles. The van der Waals surface area contributed by atoms with Gasteiger partial charge in [-0.05, 0) is 24.6 Å². The third kappa shape index (κ3) is 4.58. The molecule has 0 spiro atoms. The zero-order chi connectivity index (χ0) is 19.4. The van der Waals surface area contributed by atoms with Crippen molar-refractivity contribution in [2.24, 2.45) is 5.10 Å². The van der Waals surface area contributed by atoms with Crippen LogP contribution in [-0.2, 0) is 4.74 Å². The Bertz CT molecular complexity index is 887. The average Bonchev–Trinajstić information content (AvgIpc) is 2.66. The van der Waals surface area contributed by atoms with Gasteiger partial charge in [0, 0.05) is 23.1 Å². The monoisotopic (exact) mass is 437 g/mol. The second-order valence-corrected chi connectivity index (χ2v) is 6.74. The summed E-state index contributed by atoms with van der Waals surface area (Å²) in [6.07, 6.45) is 2.26. The standard InChI is InChI=1S/C17H17BrFN5O3/c1-10-6-12(18)7-11(14(10)25)8-21-23-17(26)15-20-9-13(19)16(22-15)24-2-4-27-5-3-24/h6-9,25H,2-5H2,1H3,(H,23,26). The van der Waals surface area contributed by atoms with Crippen molar-refractivity contribution in [2.45, 2.75) is 6.92 Å². The lowest BCUT2D eigenvalue weighted by molar-refractivity contribution is 0.0944. The number of hydrogen-bond donors (Lipinski definition) is 2. The highest BCUT2D eigenvalue weighted by Gasteiger charge is 2.20. The topological polar surface area (TPSA) is 99.9 Å². The third-order valence-electron chi connectivity index (χ3n) is 3.90. The number of aryl methyl sites for hydroxylation is 1. The number of benzene rings is 1. The van der Waals surface area contributed by atoms with Crippen molar-refractivity contribution in [3.8, 4) is 5.75 Å². The van der Waals surface area contributed by atoms with E-state index >= 15 is 0 Å². The number of phenolic OH excluding ortho intramolecular Hbond substituents is 1. The Morgan fingerprint density at radius 2 is 2.19 bits per heavy atom. The number of ether oxygens (including phenoxy) is 1. The van der Waals surface area contributed by atoms with Gasteiger partial charge in [-0.1, -0.05) is 15.9 Å². The summed E-state index contributed by atoms with van der Waals surface area (Å²) in [6, 6.07) is 3.41. The summed E-state index contributed by atoms with van der Waals surface area (Å²) in [5.74, 6) is -1.38. The van der Waals surface area contributed by atoms with Gasteiger partial charge < -0.3 is 14.7 Å². The second kappa shape index (κ2) is 8.40. The van der Waals surface area contributed by atoms with Crippen molar-refractivity contribution in [2.75, 3.05) is 31.2 Å². The molecule has 0 atom stereocenters. The van der Waals surface area contributed by atoms with Crippen molar-refractivity contribution in [1.82, 2.24) is 15.4 Å². The summed E-state index contributed by atoms with van der Waals surface area (Å²) in [5, 5.41) is 13.8. The first kappa shape index (κ1) is 19.2. The maximum Gasteiger partial charge on any atom is 0.309 e. The van der Waals surface area contributed by atoms with Crippen LogP contribution in [0.25, 0.3) is 0 Å². The van der Waals surface area contributed by atoms with Gasteiger partial charge in [0.1, 0.15) is 5.75 Å². The van der Waals surface area contributed by atoms with Crippen LogP contribution in [-0.4, -0.2) is 53.5 Å². The van der Waals surface area contributed by atoms with Crippen LogP contribution in [0, 0.1) is 12.7 Å². The number of carbonyl (C=O) groups is 1. The highest BCUT2D eigenvalue weighted by molar-refractivity contribution is 9.10. The van der Waals surface area contributed by atoms with Crippen LogP contribution in [0.2, 0.25) is 0 Å². The fourth-order valence-corrected chi connectivity index (χ4v) is 3.12. The first-order chi connectivity index (χ1) is 13.0. The zero-order valence-corrected chi connectivity index (χ0v) is 16.0. The van der Waals surface area contributed by atoms with Gasteiger partial charge in [-0.2, -0.15) is 5.10 Å². The zero-order valence-electron chi connectivity index (χ0n) is 14.4. The van der Waals surface area contributed by atoms with E-state index in [-0.39, 0.29) is 17.4 Å². The third-order valence-corrected chi connectivity index (χ3v) is 4.36. The predicted molar refractivity (Wildman–Crippen MR) is 101 cm³/mol. The number of nitrogens with zero attached hydrogens (tertiary/aromatic N) is 4. The van der Waals surface area contributed by atoms with Gasteiger partial charge in [0.15, 0.2) is 11.6 Å². The Labute approximate surface area is 163 Å². The first-order valence-electron chi connectivity index (χ1n) is 8.13.